The van der Waals surface area contributed by atoms with Gasteiger partial charge in [0.2, 0.25) is 5.91 Å². The zero-order valence-corrected chi connectivity index (χ0v) is 7.62. The molecule has 0 heterocycles. The molecular weight excluding hydrogens is 146 g/mol. The van der Waals surface area contributed by atoms with E-state index >= 15 is 0 Å². The zero-order chi connectivity index (χ0) is 7.98. The highest BCUT2D eigenvalue weighted by Crippen LogP contribution is 2.09. The minimum atomic E-state index is 0.133. The molecule has 0 spiro atoms. The second-order valence-electron chi connectivity index (χ2n) is 2.34. The lowest BCUT2D eigenvalue weighted by atomic mass is 10.5. The number of rotatable bonds is 4. The first-order chi connectivity index (χ1) is 4.66. The van der Waals surface area contributed by atoms with Crippen molar-refractivity contribution in [2.24, 2.45) is 0 Å². The van der Waals surface area contributed by atoms with E-state index < -0.39 is 0 Å². The standard InChI is InChI=1S/C7H15NOS/c1-6(2)10-5-4-7(9)8-3/h6H,4-5H2,1-3H3,(H,8,9). The number of hydrogen-bond acceptors (Lipinski definition) is 2. The molecule has 0 atom stereocenters. The molecule has 0 bridgehead atoms. The van der Waals surface area contributed by atoms with Crippen LogP contribution in [0.25, 0.3) is 0 Å². The van der Waals surface area contributed by atoms with Crippen LogP contribution in [0.3, 0.4) is 0 Å². The van der Waals surface area contributed by atoms with Gasteiger partial charge in [-0.3, -0.25) is 4.79 Å². The van der Waals surface area contributed by atoms with E-state index in [-0.39, 0.29) is 5.91 Å². The van der Waals surface area contributed by atoms with Crippen LogP contribution in [-0.4, -0.2) is 24.0 Å². The summed E-state index contributed by atoms with van der Waals surface area (Å²) in [7, 11) is 1.67. The van der Waals surface area contributed by atoms with Crippen LogP contribution in [0.1, 0.15) is 20.3 Å². The van der Waals surface area contributed by atoms with Crippen LogP contribution in [-0.2, 0) is 4.79 Å². The lowest BCUT2D eigenvalue weighted by Crippen LogP contribution is -2.18. The highest BCUT2D eigenvalue weighted by atomic mass is 32.2. The fourth-order valence-corrected chi connectivity index (χ4v) is 1.29. The van der Waals surface area contributed by atoms with Crippen molar-refractivity contribution in [1.29, 1.82) is 0 Å². The maximum Gasteiger partial charge on any atom is 0.220 e. The highest BCUT2D eigenvalue weighted by Gasteiger charge is 1.98. The van der Waals surface area contributed by atoms with Crippen LogP contribution >= 0.6 is 11.8 Å². The van der Waals surface area contributed by atoms with E-state index in [2.05, 4.69) is 19.2 Å². The molecule has 0 saturated carbocycles. The van der Waals surface area contributed by atoms with Gasteiger partial charge in [0.05, 0.1) is 0 Å². The number of thioether (sulfide) groups is 1. The molecule has 0 rings (SSSR count). The molecule has 1 amide bonds. The molecule has 10 heavy (non-hydrogen) atoms. The summed E-state index contributed by atoms with van der Waals surface area (Å²) < 4.78 is 0. The Morgan fingerprint density at radius 2 is 2.20 bits per heavy atom. The maximum atomic E-state index is 10.7. The van der Waals surface area contributed by atoms with E-state index in [4.69, 9.17) is 0 Å². The molecule has 60 valence electrons. The van der Waals surface area contributed by atoms with E-state index in [1.807, 2.05) is 11.8 Å². The van der Waals surface area contributed by atoms with Crippen molar-refractivity contribution in [3.63, 3.8) is 0 Å². The summed E-state index contributed by atoms with van der Waals surface area (Å²) in [4.78, 5) is 10.7. The highest BCUT2D eigenvalue weighted by molar-refractivity contribution is 7.99. The first kappa shape index (κ1) is 9.82. The molecule has 3 heteroatoms. The molecule has 0 aliphatic heterocycles. The monoisotopic (exact) mass is 161 g/mol. The predicted molar refractivity (Wildman–Crippen MR) is 46.3 cm³/mol. The third-order valence-electron chi connectivity index (χ3n) is 1.06. The van der Waals surface area contributed by atoms with Gasteiger partial charge in [0, 0.05) is 19.2 Å². The largest absolute Gasteiger partial charge is 0.359 e. The molecule has 1 N–H and O–H groups in total. The fraction of sp³-hybridized carbons (Fsp3) is 0.857. The smallest absolute Gasteiger partial charge is 0.220 e. The molecule has 0 aliphatic carbocycles. The van der Waals surface area contributed by atoms with Gasteiger partial charge in [-0.15, -0.1) is 0 Å². The van der Waals surface area contributed by atoms with E-state index in [1.54, 1.807) is 7.05 Å². The van der Waals surface area contributed by atoms with Crippen LogP contribution in [0.2, 0.25) is 0 Å². The minimum Gasteiger partial charge on any atom is -0.359 e. The first-order valence-corrected chi connectivity index (χ1v) is 4.54. The number of carbonyl (C=O) groups excluding carboxylic acids is 1. The van der Waals surface area contributed by atoms with Gasteiger partial charge in [-0.1, -0.05) is 13.8 Å². The third kappa shape index (κ3) is 5.95. The first-order valence-electron chi connectivity index (χ1n) is 3.49. The van der Waals surface area contributed by atoms with Gasteiger partial charge in [0.25, 0.3) is 0 Å². The van der Waals surface area contributed by atoms with Gasteiger partial charge in [-0.05, 0) is 5.25 Å². The number of carbonyl (C=O) groups is 1. The van der Waals surface area contributed by atoms with Crippen molar-refractivity contribution >= 4 is 17.7 Å². The van der Waals surface area contributed by atoms with Gasteiger partial charge in [-0.2, -0.15) is 11.8 Å². The van der Waals surface area contributed by atoms with Gasteiger partial charge in [-0.25, -0.2) is 0 Å². The molecule has 2 nitrogen and oxygen atoms in total. The van der Waals surface area contributed by atoms with E-state index in [9.17, 15) is 4.79 Å². The molecule has 0 aliphatic rings. The van der Waals surface area contributed by atoms with Crippen molar-refractivity contribution in [2.45, 2.75) is 25.5 Å². The van der Waals surface area contributed by atoms with Crippen molar-refractivity contribution in [1.82, 2.24) is 5.32 Å². The Balaban J connectivity index is 3.12. The number of nitrogens with one attached hydrogen (secondary N) is 1. The Labute approximate surface area is 66.8 Å². The molecule has 0 saturated heterocycles. The van der Waals surface area contributed by atoms with Crippen LogP contribution in [0, 0.1) is 0 Å². The summed E-state index contributed by atoms with van der Waals surface area (Å²) >= 11 is 1.81. The topological polar surface area (TPSA) is 29.1 Å². The van der Waals surface area contributed by atoms with Crippen LogP contribution in [0.15, 0.2) is 0 Å². The van der Waals surface area contributed by atoms with Crippen LogP contribution in [0.4, 0.5) is 0 Å². The van der Waals surface area contributed by atoms with Gasteiger partial charge in [0.1, 0.15) is 0 Å². The van der Waals surface area contributed by atoms with Crippen molar-refractivity contribution < 1.29 is 4.79 Å². The molecular formula is C7H15NOS. The number of amides is 1. The Kier molecular flexibility index (Phi) is 5.49. The molecule has 0 unspecified atom stereocenters. The summed E-state index contributed by atoms with van der Waals surface area (Å²) in [6.45, 7) is 4.27. The van der Waals surface area contributed by atoms with Crippen molar-refractivity contribution in [2.75, 3.05) is 12.8 Å². The molecule has 0 radical (unpaired) electrons. The Morgan fingerprint density at radius 1 is 1.60 bits per heavy atom. The average molecular weight is 161 g/mol. The van der Waals surface area contributed by atoms with Crippen LogP contribution < -0.4 is 5.32 Å². The maximum absolute atomic E-state index is 10.7. The Hall–Kier alpha value is -0.180. The third-order valence-corrected chi connectivity index (χ3v) is 2.17. The van der Waals surface area contributed by atoms with Crippen molar-refractivity contribution in [3.05, 3.63) is 0 Å². The van der Waals surface area contributed by atoms with Gasteiger partial charge in [0.15, 0.2) is 0 Å². The zero-order valence-electron chi connectivity index (χ0n) is 6.81. The van der Waals surface area contributed by atoms with Gasteiger partial charge < -0.3 is 5.32 Å². The summed E-state index contributed by atoms with van der Waals surface area (Å²) in [5, 5.41) is 3.22. The summed E-state index contributed by atoms with van der Waals surface area (Å²) in [5.74, 6) is 1.06. The normalized spacial score (nSPS) is 10.0. The molecule has 0 aromatic carbocycles. The van der Waals surface area contributed by atoms with E-state index in [0.717, 1.165) is 5.75 Å². The van der Waals surface area contributed by atoms with Gasteiger partial charge >= 0.3 is 0 Å². The second kappa shape index (κ2) is 5.59. The predicted octanol–water partition coefficient (Wildman–Crippen LogP) is 1.26. The van der Waals surface area contributed by atoms with E-state index in [0.29, 0.717) is 11.7 Å². The quantitative estimate of drug-likeness (QED) is 0.672. The second-order valence-corrected chi connectivity index (χ2v) is 4.03. The summed E-state index contributed by atoms with van der Waals surface area (Å²) in [5.41, 5.74) is 0. The summed E-state index contributed by atoms with van der Waals surface area (Å²) in [6.07, 6.45) is 0.638. The lowest BCUT2D eigenvalue weighted by molar-refractivity contribution is -0.120. The fourth-order valence-electron chi connectivity index (χ4n) is 0.512. The minimum absolute atomic E-state index is 0.133. The van der Waals surface area contributed by atoms with Crippen LogP contribution in [0.5, 0.6) is 0 Å². The average Bonchev–Trinajstić information content (AvgIpc) is 1.87. The van der Waals surface area contributed by atoms with Crippen molar-refractivity contribution in [3.8, 4) is 0 Å². The number of hydrogen-bond donors (Lipinski definition) is 1. The Bertz CT molecular complexity index is 104. The molecule has 0 fully saturated rings. The molecule has 0 aromatic rings. The SMILES string of the molecule is CNC(=O)CCSC(C)C. The molecule has 0 aromatic heterocycles. The summed E-state index contributed by atoms with van der Waals surface area (Å²) in [6, 6.07) is 0. The lowest BCUT2D eigenvalue weighted by Gasteiger charge is -2.02. The Morgan fingerprint density at radius 3 is 2.60 bits per heavy atom. The van der Waals surface area contributed by atoms with E-state index in [1.165, 1.54) is 0 Å².